The summed E-state index contributed by atoms with van der Waals surface area (Å²) in [6, 6.07) is 7.51. The van der Waals surface area contributed by atoms with E-state index >= 15 is 0 Å². The van der Waals surface area contributed by atoms with Crippen LogP contribution < -0.4 is 4.74 Å². The Kier molecular flexibility index (Phi) is 7.14. The number of rotatable bonds is 10. The molecular formula is C20H32N2O4S. The van der Waals surface area contributed by atoms with Crippen LogP contribution in [0.3, 0.4) is 0 Å². The van der Waals surface area contributed by atoms with Crippen LogP contribution in [0.4, 0.5) is 0 Å². The Balaban J connectivity index is 1.50. The third-order valence-corrected chi connectivity index (χ3v) is 7.05. The Bertz CT molecular complexity index is 680. The van der Waals surface area contributed by atoms with Crippen molar-refractivity contribution in [1.82, 2.24) is 9.21 Å². The van der Waals surface area contributed by atoms with E-state index in [1.165, 1.54) is 23.6 Å². The van der Waals surface area contributed by atoms with Crippen molar-refractivity contribution in [2.75, 3.05) is 46.0 Å². The molecule has 0 aromatic heterocycles. The molecule has 0 radical (unpaired) electrons. The second-order valence-corrected chi connectivity index (χ2v) is 9.72. The monoisotopic (exact) mass is 396 g/mol. The first kappa shape index (κ1) is 20.6. The van der Waals surface area contributed by atoms with Gasteiger partial charge >= 0.3 is 0 Å². The largest absolute Gasteiger partial charge is 0.492 e. The normalized spacial score (nSPS) is 19.0. The van der Waals surface area contributed by atoms with E-state index < -0.39 is 10.0 Å². The van der Waals surface area contributed by atoms with Crippen molar-refractivity contribution >= 4 is 10.0 Å². The first-order valence-electron chi connectivity index (χ1n) is 10.0. The fraction of sp³-hybridized carbons (Fsp3) is 0.700. The third kappa shape index (κ3) is 5.91. The number of benzene rings is 1. The second kappa shape index (κ2) is 9.37. The number of morpholine rings is 1. The van der Waals surface area contributed by atoms with Gasteiger partial charge in [-0.1, -0.05) is 13.8 Å². The van der Waals surface area contributed by atoms with Gasteiger partial charge in [0.05, 0.1) is 18.1 Å². The van der Waals surface area contributed by atoms with Crippen molar-refractivity contribution in [3.05, 3.63) is 24.3 Å². The van der Waals surface area contributed by atoms with E-state index in [-0.39, 0.29) is 0 Å². The van der Waals surface area contributed by atoms with Crippen LogP contribution in [-0.4, -0.2) is 69.7 Å². The van der Waals surface area contributed by atoms with E-state index in [0.29, 0.717) is 43.7 Å². The van der Waals surface area contributed by atoms with Gasteiger partial charge in [-0.3, -0.25) is 4.90 Å². The molecule has 1 saturated heterocycles. The van der Waals surface area contributed by atoms with E-state index in [9.17, 15) is 8.42 Å². The van der Waals surface area contributed by atoms with Gasteiger partial charge in [0, 0.05) is 25.7 Å². The second-order valence-electron chi connectivity index (χ2n) is 7.79. The van der Waals surface area contributed by atoms with Gasteiger partial charge in [-0.15, -0.1) is 0 Å². The minimum atomic E-state index is -3.44. The molecule has 0 N–H and O–H groups in total. The third-order valence-electron chi connectivity index (χ3n) is 5.14. The molecule has 1 heterocycles. The molecule has 27 heavy (non-hydrogen) atoms. The number of sulfonamides is 1. The van der Waals surface area contributed by atoms with Crippen molar-refractivity contribution in [2.24, 2.45) is 5.92 Å². The Labute approximate surface area is 163 Å². The van der Waals surface area contributed by atoms with Crippen LogP contribution in [0.2, 0.25) is 0 Å². The van der Waals surface area contributed by atoms with Crippen LogP contribution in [0, 0.1) is 5.92 Å². The highest BCUT2D eigenvalue weighted by atomic mass is 32.2. The van der Waals surface area contributed by atoms with Crippen LogP contribution in [0.5, 0.6) is 5.75 Å². The van der Waals surface area contributed by atoms with Gasteiger partial charge < -0.3 is 9.47 Å². The standard InChI is InChI=1S/C20H32N2O4S/c1-17(2)9-10-21(18-3-4-18)11-16-26-19-5-7-20(8-6-19)27(23,24)22-12-14-25-15-13-22/h5-8,17-18H,3-4,9-16H2,1-2H3. The van der Waals surface area contributed by atoms with Crippen LogP contribution in [0.1, 0.15) is 33.1 Å². The SMILES string of the molecule is CC(C)CCN(CCOc1ccc(S(=O)(=O)N2CCOCC2)cc1)C1CC1. The molecule has 7 heteroatoms. The molecule has 0 atom stereocenters. The molecule has 1 aliphatic carbocycles. The predicted octanol–water partition coefficient (Wildman–Crippen LogP) is 2.60. The highest BCUT2D eigenvalue weighted by Gasteiger charge is 2.28. The maximum atomic E-state index is 12.6. The summed E-state index contributed by atoms with van der Waals surface area (Å²) in [5, 5.41) is 0. The Hall–Kier alpha value is -1.15. The van der Waals surface area contributed by atoms with Crippen molar-refractivity contribution in [2.45, 2.75) is 44.0 Å². The molecule has 1 saturated carbocycles. The average Bonchev–Trinajstić information content (AvgIpc) is 3.50. The van der Waals surface area contributed by atoms with Crippen molar-refractivity contribution in [3.8, 4) is 5.75 Å². The fourth-order valence-electron chi connectivity index (χ4n) is 3.27. The van der Waals surface area contributed by atoms with E-state index in [2.05, 4.69) is 18.7 Å². The quantitative estimate of drug-likeness (QED) is 0.608. The molecule has 6 nitrogen and oxygen atoms in total. The lowest BCUT2D eigenvalue weighted by atomic mass is 10.1. The number of nitrogens with zero attached hydrogens (tertiary/aromatic N) is 2. The summed E-state index contributed by atoms with van der Waals surface area (Å²) in [5.74, 6) is 1.43. The highest BCUT2D eigenvalue weighted by molar-refractivity contribution is 7.89. The summed E-state index contributed by atoms with van der Waals surface area (Å²) in [4.78, 5) is 2.84. The van der Waals surface area contributed by atoms with Gasteiger partial charge in [-0.25, -0.2) is 8.42 Å². The zero-order chi connectivity index (χ0) is 19.3. The summed E-state index contributed by atoms with van der Waals surface area (Å²) in [7, 11) is -3.44. The van der Waals surface area contributed by atoms with Gasteiger partial charge in [0.15, 0.2) is 0 Å². The zero-order valence-electron chi connectivity index (χ0n) is 16.5. The summed E-state index contributed by atoms with van der Waals surface area (Å²) in [6.07, 6.45) is 3.81. The van der Waals surface area contributed by atoms with Gasteiger partial charge in [-0.05, 0) is 56.0 Å². The van der Waals surface area contributed by atoms with Gasteiger partial charge in [0.1, 0.15) is 12.4 Å². The number of hydrogen-bond donors (Lipinski definition) is 0. The molecule has 152 valence electrons. The van der Waals surface area contributed by atoms with E-state index in [1.54, 1.807) is 24.3 Å². The van der Waals surface area contributed by atoms with Crippen molar-refractivity contribution in [1.29, 1.82) is 0 Å². The van der Waals surface area contributed by atoms with Gasteiger partial charge in [0.2, 0.25) is 10.0 Å². The summed E-state index contributed by atoms with van der Waals surface area (Å²) in [6.45, 7) is 8.92. The molecular weight excluding hydrogens is 364 g/mol. The molecule has 1 aliphatic heterocycles. The van der Waals surface area contributed by atoms with Crippen LogP contribution >= 0.6 is 0 Å². The molecule has 0 spiro atoms. The molecule has 3 rings (SSSR count). The lowest BCUT2D eigenvalue weighted by molar-refractivity contribution is 0.0730. The molecule has 0 unspecified atom stereocenters. The number of hydrogen-bond acceptors (Lipinski definition) is 5. The van der Waals surface area contributed by atoms with Crippen LogP contribution in [0.15, 0.2) is 29.2 Å². The molecule has 2 fully saturated rings. The Morgan fingerprint density at radius 2 is 1.81 bits per heavy atom. The van der Waals surface area contributed by atoms with Crippen molar-refractivity contribution < 1.29 is 17.9 Å². The van der Waals surface area contributed by atoms with Crippen molar-refractivity contribution in [3.63, 3.8) is 0 Å². The Morgan fingerprint density at radius 3 is 2.41 bits per heavy atom. The van der Waals surface area contributed by atoms with E-state index in [4.69, 9.17) is 9.47 Å². The smallest absolute Gasteiger partial charge is 0.243 e. The first-order valence-corrected chi connectivity index (χ1v) is 11.5. The molecule has 1 aromatic carbocycles. The van der Waals surface area contributed by atoms with Crippen LogP contribution in [0.25, 0.3) is 0 Å². The lowest BCUT2D eigenvalue weighted by Gasteiger charge is -2.26. The topological polar surface area (TPSA) is 59.1 Å². The molecule has 0 bridgehead atoms. The Morgan fingerprint density at radius 1 is 1.15 bits per heavy atom. The summed E-state index contributed by atoms with van der Waals surface area (Å²) >= 11 is 0. The van der Waals surface area contributed by atoms with E-state index in [0.717, 1.165) is 24.9 Å². The van der Waals surface area contributed by atoms with E-state index in [1.807, 2.05) is 0 Å². The number of ether oxygens (including phenoxy) is 2. The predicted molar refractivity (Wildman–Crippen MR) is 106 cm³/mol. The lowest BCUT2D eigenvalue weighted by Crippen LogP contribution is -2.40. The highest BCUT2D eigenvalue weighted by Crippen LogP contribution is 2.27. The van der Waals surface area contributed by atoms with Gasteiger partial charge in [0.25, 0.3) is 0 Å². The fourth-order valence-corrected chi connectivity index (χ4v) is 4.67. The molecule has 2 aliphatic rings. The maximum Gasteiger partial charge on any atom is 0.243 e. The zero-order valence-corrected chi connectivity index (χ0v) is 17.3. The minimum absolute atomic E-state index is 0.313. The minimum Gasteiger partial charge on any atom is -0.492 e. The molecule has 0 amide bonds. The van der Waals surface area contributed by atoms with Crippen LogP contribution in [-0.2, 0) is 14.8 Å². The summed E-state index contributed by atoms with van der Waals surface area (Å²) < 4.78 is 37.8. The van der Waals surface area contributed by atoms with Gasteiger partial charge in [-0.2, -0.15) is 4.31 Å². The maximum absolute atomic E-state index is 12.6. The molecule has 1 aromatic rings. The average molecular weight is 397 g/mol. The first-order chi connectivity index (χ1) is 13.0. The summed E-state index contributed by atoms with van der Waals surface area (Å²) in [5.41, 5.74) is 0.